The Labute approximate surface area is 124 Å². The minimum Gasteiger partial charge on any atom is -0.481 e. The predicted octanol–water partition coefficient (Wildman–Crippen LogP) is 2.95. The van der Waals surface area contributed by atoms with E-state index in [2.05, 4.69) is 19.2 Å². The summed E-state index contributed by atoms with van der Waals surface area (Å²) < 4.78 is 5.17. The average molecular weight is 291 g/mol. The van der Waals surface area contributed by atoms with Crippen molar-refractivity contribution in [3.05, 3.63) is 35.9 Å². The molecule has 1 aliphatic carbocycles. The van der Waals surface area contributed by atoms with Crippen molar-refractivity contribution in [2.24, 2.45) is 5.41 Å². The molecule has 5 heteroatoms. The molecule has 0 unspecified atom stereocenters. The number of carbonyl (C=O) groups is 2. The van der Waals surface area contributed by atoms with Crippen LogP contribution in [0.25, 0.3) is 0 Å². The number of carboxylic acids is 1. The first-order valence-corrected chi connectivity index (χ1v) is 7.01. The Balaban J connectivity index is 1.89. The van der Waals surface area contributed by atoms with Crippen LogP contribution in [0, 0.1) is 5.41 Å². The summed E-state index contributed by atoms with van der Waals surface area (Å²) in [5.41, 5.74) is 0.277. The van der Waals surface area contributed by atoms with Crippen molar-refractivity contribution >= 4 is 12.1 Å². The smallest absolute Gasteiger partial charge is 0.407 e. The van der Waals surface area contributed by atoms with Gasteiger partial charge in [0.2, 0.25) is 0 Å². The van der Waals surface area contributed by atoms with Gasteiger partial charge in [0, 0.05) is 0 Å². The summed E-state index contributed by atoms with van der Waals surface area (Å²) in [4.78, 5) is 22.9. The highest BCUT2D eigenvalue weighted by Gasteiger charge is 2.51. The molecule has 0 radical (unpaired) electrons. The maximum Gasteiger partial charge on any atom is 0.407 e. The van der Waals surface area contributed by atoms with Crippen molar-refractivity contribution in [2.75, 3.05) is 0 Å². The fourth-order valence-electron chi connectivity index (χ4n) is 3.30. The van der Waals surface area contributed by atoms with Crippen LogP contribution in [-0.4, -0.2) is 22.7 Å². The summed E-state index contributed by atoms with van der Waals surface area (Å²) in [7, 11) is 0. The number of nitrogens with one attached hydrogen (secondary N) is 1. The molecular weight excluding hydrogens is 270 g/mol. The zero-order chi connectivity index (χ0) is 15.5. The first-order chi connectivity index (χ1) is 9.80. The standard InChI is InChI=1S/C16H21NO4/c1-15(2)10-16(11-15,8-13(18)19)17-14(20)21-9-12-6-4-3-5-7-12/h3-7H,8-11H2,1-2H3,(H,17,20)(H,18,19). The third-order valence-corrected chi connectivity index (χ3v) is 3.70. The Bertz CT molecular complexity index is 516. The lowest BCUT2D eigenvalue weighted by Crippen LogP contribution is -2.61. The number of amides is 1. The molecule has 1 saturated carbocycles. The molecule has 1 aromatic rings. The van der Waals surface area contributed by atoms with E-state index in [4.69, 9.17) is 9.84 Å². The lowest BCUT2D eigenvalue weighted by atomic mass is 9.58. The summed E-state index contributed by atoms with van der Waals surface area (Å²) >= 11 is 0. The maximum absolute atomic E-state index is 11.9. The van der Waals surface area contributed by atoms with Gasteiger partial charge in [0.25, 0.3) is 0 Å². The van der Waals surface area contributed by atoms with Gasteiger partial charge in [0.15, 0.2) is 0 Å². The van der Waals surface area contributed by atoms with Gasteiger partial charge in [0.1, 0.15) is 6.61 Å². The molecule has 1 amide bonds. The van der Waals surface area contributed by atoms with E-state index >= 15 is 0 Å². The molecule has 0 spiro atoms. The Kier molecular flexibility index (Phi) is 4.21. The van der Waals surface area contributed by atoms with Gasteiger partial charge in [-0.25, -0.2) is 4.79 Å². The van der Waals surface area contributed by atoms with Gasteiger partial charge in [-0.3, -0.25) is 4.79 Å². The van der Waals surface area contributed by atoms with Crippen molar-refractivity contribution in [1.82, 2.24) is 5.32 Å². The Morgan fingerprint density at radius 2 is 1.86 bits per heavy atom. The molecule has 5 nitrogen and oxygen atoms in total. The normalized spacial score (nSPS) is 18.4. The second-order valence-corrected chi connectivity index (χ2v) is 6.56. The number of ether oxygens (including phenoxy) is 1. The number of hydrogen-bond acceptors (Lipinski definition) is 3. The maximum atomic E-state index is 11.9. The van der Waals surface area contributed by atoms with Gasteiger partial charge in [-0.05, 0) is 23.8 Å². The van der Waals surface area contributed by atoms with Crippen molar-refractivity contribution in [1.29, 1.82) is 0 Å². The van der Waals surface area contributed by atoms with Gasteiger partial charge in [-0.2, -0.15) is 0 Å². The van der Waals surface area contributed by atoms with E-state index in [1.54, 1.807) is 0 Å². The van der Waals surface area contributed by atoms with E-state index < -0.39 is 17.6 Å². The Hall–Kier alpha value is -2.04. The number of benzene rings is 1. The van der Waals surface area contributed by atoms with Crippen molar-refractivity contribution in [3.63, 3.8) is 0 Å². The van der Waals surface area contributed by atoms with E-state index in [0.29, 0.717) is 12.8 Å². The molecule has 2 N–H and O–H groups in total. The van der Waals surface area contributed by atoms with Crippen molar-refractivity contribution in [3.8, 4) is 0 Å². The van der Waals surface area contributed by atoms with Gasteiger partial charge in [-0.1, -0.05) is 44.2 Å². The number of carbonyl (C=O) groups excluding carboxylic acids is 1. The first kappa shape index (κ1) is 15.4. The van der Waals surface area contributed by atoms with Crippen LogP contribution in [0.3, 0.4) is 0 Å². The number of carboxylic acid groups (broad SMARTS) is 1. The van der Waals surface area contributed by atoms with Crippen LogP contribution in [-0.2, 0) is 16.1 Å². The quantitative estimate of drug-likeness (QED) is 0.874. The second kappa shape index (κ2) is 5.76. The Morgan fingerprint density at radius 1 is 1.24 bits per heavy atom. The van der Waals surface area contributed by atoms with Crippen LogP contribution < -0.4 is 5.32 Å². The highest BCUT2D eigenvalue weighted by molar-refractivity contribution is 5.73. The van der Waals surface area contributed by atoms with E-state index in [0.717, 1.165) is 5.56 Å². The number of rotatable bonds is 5. The third-order valence-electron chi connectivity index (χ3n) is 3.70. The van der Waals surface area contributed by atoms with Gasteiger partial charge >= 0.3 is 12.1 Å². The van der Waals surface area contributed by atoms with Crippen LogP contribution in [0.5, 0.6) is 0 Å². The van der Waals surface area contributed by atoms with Crippen LogP contribution in [0.4, 0.5) is 4.79 Å². The number of aliphatic carboxylic acids is 1. The summed E-state index contributed by atoms with van der Waals surface area (Å²) in [6.07, 6.45) is 0.659. The molecule has 2 rings (SSSR count). The number of alkyl carbamates (subject to hydrolysis) is 1. The molecule has 1 fully saturated rings. The minimum atomic E-state index is -0.908. The summed E-state index contributed by atoms with van der Waals surface area (Å²) in [6.45, 7) is 4.30. The molecule has 0 heterocycles. The molecule has 0 atom stereocenters. The highest BCUT2D eigenvalue weighted by atomic mass is 16.5. The first-order valence-electron chi connectivity index (χ1n) is 7.01. The number of hydrogen-bond donors (Lipinski definition) is 2. The second-order valence-electron chi connectivity index (χ2n) is 6.56. The zero-order valence-corrected chi connectivity index (χ0v) is 12.4. The van der Waals surface area contributed by atoms with Gasteiger partial charge in [0.05, 0.1) is 12.0 Å². The van der Waals surface area contributed by atoms with E-state index in [9.17, 15) is 9.59 Å². The summed E-state index contributed by atoms with van der Waals surface area (Å²) in [6, 6.07) is 9.37. The topological polar surface area (TPSA) is 75.6 Å². The highest BCUT2D eigenvalue weighted by Crippen LogP contribution is 2.49. The minimum absolute atomic E-state index is 0.0577. The van der Waals surface area contributed by atoms with E-state index in [-0.39, 0.29) is 18.4 Å². The predicted molar refractivity (Wildman–Crippen MR) is 77.8 cm³/mol. The molecule has 0 aromatic heterocycles. The molecule has 0 bridgehead atoms. The zero-order valence-electron chi connectivity index (χ0n) is 12.4. The van der Waals surface area contributed by atoms with Crippen LogP contribution in [0.15, 0.2) is 30.3 Å². The summed E-state index contributed by atoms with van der Waals surface area (Å²) in [5, 5.41) is 11.8. The molecule has 0 saturated heterocycles. The lowest BCUT2D eigenvalue weighted by molar-refractivity contribution is -0.141. The molecule has 0 aliphatic heterocycles. The SMILES string of the molecule is CC1(C)CC(CC(=O)O)(NC(=O)OCc2ccccc2)C1. The largest absolute Gasteiger partial charge is 0.481 e. The fraction of sp³-hybridized carbons (Fsp3) is 0.500. The van der Waals surface area contributed by atoms with Crippen LogP contribution in [0.1, 0.15) is 38.7 Å². The van der Waals surface area contributed by atoms with Gasteiger partial charge < -0.3 is 15.2 Å². The fourth-order valence-corrected chi connectivity index (χ4v) is 3.30. The third kappa shape index (κ3) is 4.21. The average Bonchev–Trinajstić information content (AvgIpc) is 2.34. The molecule has 21 heavy (non-hydrogen) atoms. The van der Waals surface area contributed by atoms with E-state index in [1.165, 1.54) is 0 Å². The van der Waals surface area contributed by atoms with Gasteiger partial charge in [-0.15, -0.1) is 0 Å². The van der Waals surface area contributed by atoms with E-state index in [1.807, 2.05) is 30.3 Å². The molecular formula is C16H21NO4. The molecule has 1 aliphatic rings. The van der Waals surface area contributed by atoms with Crippen molar-refractivity contribution in [2.45, 2.75) is 45.3 Å². The molecule has 114 valence electrons. The van der Waals surface area contributed by atoms with Crippen LogP contribution >= 0.6 is 0 Å². The van der Waals surface area contributed by atoms with Crippen molar-refractivity contribution < 1.29 is 19.4 Å². The Morgan fingerprint density at radius 3 is 2.38 bits per heavy atom. The summed E-state index contributed by atoms with van der Waals surface area (Å²) in [5.74, 6) is -0.908. The van der Waals surface area contributed by atoms with Crippen LogP contribution in [0.2, 0.25) is 0 Å². The monoisotopic (exact) mass is 291 g/mol. The molecule has 1 aromatic carbocycles. The lowest BCUT2D eigenvalue weighted by Gasteiger charge is -2.52.